The summed E-state index contributed by atoms with van der Waals surface area (Å²) in [5.41, 5.74) is -1.50. The van der Waals surface area contributed by atoms with Gasteiger partial charge in [-0.3, -0.25) is 19.9 Å². The van der Waals surface area contributed by atoms with Crippen molar-refractivity contribution in [3.8, 4) is 0 Å². The van der Waals surface area contributed by atoms with E-state index in [-0.39, 0.29) is 11.3 Å². The molecule has 8 heteroatoms. The van der Waals surface area contributed by atoms with Crippen molar-refractivity contribution in [2.45, 2.75) is 19.8 Å². The van der Waals surface area contributed by atoms with E-state index in [0.717, 1.165) is 13.2 Å². The molecule has 6 nitrogen and oxygen atoms in total. The molecule has 0 N–H and O–H groups in total. The first-order valence-corrected chi connectivity index (χ1v) is 4.86. The summed E-state index contributed by atoms with van der Waals surface area (Å²) in [5, 5.41) is 10.7. The fourth-order valence-electron chi connectivity index (χ4n) is 1.38. The number of carbonyl (C=O) groups is 1. The Kier molecular flexibility index (Phi) is 4.24. The van der Waals surface area contributed by atoms with Gasteiger partial charge in [-0.1, -0.05) is 0 Å². The van der Waals surface area contributed by atoms with Crippen LogP contribution in [0.2, 0.25) is 0 Å². The number of halogens is 2. The third-order valence-electron chi connectivity index (χ3n) is 2.29. The second kappa shape index (κ2) is 5.48. The Morgan fingerprint density at radius 3 is 2.67 bits per heavy atom. The number of hydrogen-bond acceptors (Lipinski definition) is 5. The maximum atomic E-state index is 12.7. The third-order valence-corrected chi connectivity index (χ3v) is 2.29. The first-order valence-electron chi connectivity index (χ1n) is 4.86. The predicted octanol–water partition coefficient (Wildman–Crippen LogP) is 1.95. The highest BCUT2D eigenvalue weighted by Crippen LogP contribution is 2.28. The molecule has 1 rings (SSSR count). The summed E-state index contributed by atoms with van der Waals surface area (Å²) in [6.07, 6.45) is -3.33. The molecule has 0 saturated heterocycles. The molecule has 1 heterocycles. The van der Waals surface area contributed by atoms with E-state index in [9.17, 15) is 23.7 Å². The number of carbonyl (C=O) groups excluding carboxylic acids is 1. The van der Waals surface area contributed by atoms with Gasteiger partial charge in [0, 0.05) is 6.07 Å². The Balaban J connectivity index is 3.29. The quantitative estimate of drug-likeness (QED) is 0.469. The zero-order valence-electron chi connectivity index (χ0n) is 9.65. The van der Waals surface area contributed by atoms with Crippen LogP contribution in [-0.2, 0) is 16.0 Å². The van der Waals surface area contributed by atoms with Crippen molar-refractivity contribution in [1.29, 1.82) is 0 Å². The van der Waals surface area contributed by atoms with E-state index in [1.807, 2.05) is 0 Å². The Morgan fingerprint density at radius 1 is 1.61 bits per heavy atom. The molecule has 1 aromatic rings. The van der Waals surface area contributed by atoms with Crippen LogP contribution in [0, 0.1) is 17.0 Å². The number of alkyl halides is 2. The molecule has 0 radical (unpaired) electrons. The molecule has 98 valence electrons. The molecule has 0 bridgehead atoms. The van der Waals surface area contributed by atoms with E-state index < -0.39 is 35.1 Å². The summed E-state index contributed by atoms with van der Waals surface area (Å²) in [6.45, 7) is 1.19. The van der Waals surface area contributed by atoms with Crippen LogP contribution in [0.3, 0.4) is 0 Å². The van der Waals surface area contributed by atoms with E-state index in [2.05, 4.69) is 9.72 Å². The fourth-order valence-corrected chi connectivity index (χ4v) is 1.38. The molecule has 0 aliphatic rings. The van der Waals surface area contributed by atoms with Crippen LogP contribution in [0.1, 0.15) is 23.4 Å². The van der Waals surface area contributed by atoms with E-state index in [0.29, 0.717) is 0 Å². The predicted molar refractivity (Wildman–Crippen MR) is 56.3 cm³/mol. The summed E-state index contributed by atoms with van der Waals surface area (Å²) in [6, 6.07) is 0.998. The van der Waals surface area contributed by atoms with E-state index in [1.54, 1.807) is 0 Å². The minimum atomic E-state index is -2.94. The monoisotopic (exact) mass is 260 g/mol. The van der Waals surface area contributed by atoms with Crippen LogP contribution in [0.15, 0.2) is 6.07 Å². The molecule has 0 fully saturated rings. The molecule has 0 amide bonds. The molecule has 0 unspecified atom stereocenters. The molecule has 0 saturated carbocycles. The van der Waals surface area contributed by atoms with Crippen molar-refractivity contribution in [1.82, 2.24) is 4.98 Å². The first-order chi connectivity index (χ1) is 8.36. The number of aromatic nitrogens is 1. The number of pyridine rings is 1. The third kappa shape index (κ3) is 2.96. The topological polar surface area (TPSA) is 82.3 Å². The number of rotatable bonds is 4. The number of nitro groups is 1. The van der Waals surface area contributed by atoms with Gasteiger partial charge in [0.2, 0.25) is 0 Å². The van der Waals surface area contributed by atoms with Crippen LogP contribution >= 0.6 is 0 Å². The van der Waals surface area contributed by atoms with Crippen molar-refractivity contribution in [3.63, 3.8) is 0 Å². The number of methoxy groups -OCH3 is 1. The molecule has 0 aliphatic heterocycles. The van der Waals surface area contributed by atoms with Gasteiger partial charge < -0.3 is 4.74 Å². The van der Waals surface area contributed by atoms with Crippen molar-refractivity contribution in [2.75, 3.05) is 7.11 Å². The van der Waals surface area contributed by atoms with Gasteiger partial charge >= 0.3 is 5.97 Å². The Morgan fingerprint density at radius 2 is 2.22 bits per heavy atom. The van der Waals surface area contributed by atoms with Crippen LogP contribution in [0.25, 0.3) is 0 Å². The van der Waals surface area contributed by atoms with E-state index in [1.165, 1.54) is 6.92 Å². The van der Waals surface area contributed by atoms with Gasteiger partial charge in [-0.15, -0.1) is 0 Å². The lowest BCUT2D eigenvalue weighted by molar-refractivity contribution is -0.385. The van der Waals surface area contributed by atoms with Gasteiger partial charge in [0.15, 0.2) is 0 Å². The van der Waals surface area contributed by atoms with Crippen LogP contribution in [0.5, 0.6) is 0 Å². The zero-order valence-corrected chi connectivity index (χ0v) is 9.65. The van der Waals surface area contributed by atoms with Gasteiger partial charge in [0.1, 0.15) is 5.69 Å². The second-order valence-electron chi connectivity index (χ2n) is 3.45. The Hall–Kier alpha value is -2.12. The Bertz CT molecular complexity index is 491. The Labute approximate surface area is 101 Å². The normalized spacial score (nSPS) is 10.5. The first kappa shape index (κ1) is 13.9. The van der Waals surface area contributed by atoms with Crippen LogP contribution in [-0.4, -0.2) is 23.0 Å². The molecular weight excluding hydrogens is 250 g/mol. The van der Waals surface area contributed by atoms with Gasteiger partial charge in [-0.05, 0) is 6.92 Å². The number of ether oxygens (including phenoxy) is 1. The largest absolute Gasteiger partial charge is 0.469 e. The average Bonchev–Trinajstić information content (AvgIpc) is 2.30. The summed E-state index contributed by atoms with van der Waals surface area (Å²) in [4.78, 5) is 24.5. The van der Waals surface area contributed by atoms with Crippen molar-refractivity contribution >= 4 is 11.7 Å². The van der Waals surface area contributed by atoms with Gasteiger partial charge in [0.05, 0.1) is 29.7 Å². The molecule has 18 heavy (non-hydrogen) atoms. The summed E-state index contributed by atoms with van der Waals surface area (Å²) < 4.78 is 29.7. The van der Waals surface area contributed by atoms with E-state index in [4.69, 9.17) is 0 Å². The van der Waals surface area contributed by atoms with Crippen molar-refractivity contribution < 1.29 is 23.2 Å². The highest BCUT2D eigenvalue weighted by Gasteiger charge is 2.23. The average molecular weight is 260 g/mol. The van der Waals surface area contributed by atoms with Crippen LogP contribution in [0.4, 0.5) is 14.5 Å². The zero-order chi connectivity index (χ0) is 13.9. The number of esters is 1. The molecule has 0 aliphatic carbocycles. The SMILES string of the molecule is COC(=O)Cc1cc([N+](=O)[O-])c(C)c(C(F)F)n1. The maximum absolute atomic E-state index is 12.7. The summed E-state index contributed by atoms with van der Waals surface area (Å²) in [5.74, 6) is -0.708. The fraction of sp³-hybridized carbons (Fsp3) is 0.400. The van der Waals surface area contributed by atoms with Crippen LogP contribution < -0.4 is 0 Å². The van der Waals surface area contributed by atoms with Gasteiger partial charge in [0.25, 0.3) is 12.1 Å². The minimum absolute atomic E-state index is 0.116. The molecule has 0 atom stereocenters. The highest BCUT2D eigenvalue weighted by atomic mass is 19.3. The summed E-state index contributed by atoms with van der Waals surface area (Å²) in [7, 11) is 1.12. The number of nitrogens with zero attached hydrogens (tertiary/aromatic N) is 2. The molecular formula is C10H10F2N2O4. The van der Waals surface area contributed by atoms with Gasteiger partial charge in [-0.2, -0.15) is 0 Å². The van der Waals surface area contributed by atoms with Crippen molar-refractivity contribution in [3.05, 3.63) is 33.1 Å². The summed E-state index contributed by atoms with van der Waals surface area (Å²) >= 11 is 0. The number of hydrogen-bond donors (Lipinski definition) is 0. The van der Waals surface area contributed by atoms with E-state index >= 15 is 0 Å². The molecule has 0 aromatic carbocycles. The second-order valence-corrected chi connectivity index (χ2v) is 3.45. The van der Waals surface area contributed by atoms with Gasteiger partial charge in [-0.25, -0.2) is 8.78 Å². The molecule has 1 aromatic heterocycles. The highest BCUT2D eigenvalue weighted by molar-refractivity contribution is 5.72. The minimum Gasteiger partial charge on any atom is -0.469 e. The standard InChI is InChI=1S/C10H10F2N2O4/c1-5-7(14(16)17)3-6(4-8(15)18-2)13-9(5)10(11)12/h3,10H,4H2,1-2H3. The lowest BCUT2D eigenvalue weighted by Crippen LogP contribution is -2.10. The lowest BCUT2D eigenvalue weighted by Gasteiger charge is -2.07. The maximum Gasteiger partial charge on any atom is 0.311 e. The molecule has 0 spiro atoms. The lowest BCUT2D eigenvalue weighted by atomic mass is 10.1. The van der Waals surface area contributed by atoms with Crippen molar-refractivity contribution in [2.24, 2.45) is 0 Å². The smallest absolute Gasteiger partial charge is 0.311 e.